The number of anilines is 1. The van der Waals surface area contributed by atoms with Gasteiger partial charge in [0.2, 0.25) is 5.82 Å². The van der Waals surface area contributed by atoms with Gasteiger partial charge >= 0.3 is 11.6 Å². The summed E-state index contributed by atoms with van der Waals surface area (Å²) in [6.45, 7) is -0.477. The zero-order chi connectivity index (χ0) is 16.7. The van der Waals surface area contributed by atoms with Crippen LogP contribution in [0.5, 0.6) is 11.6 Å². The fourth-order valence-corrected chi connectivity index (χ4v) is 1.72. The maximum Gasteiger partial charge on any atom is 0.373 e. The molecule has 0 aliphatic carbocycles. The average Bonchev–Trinajstić information content (AvgIpc) is 2.55. The van der Waals surface area contributed by atoms with Gasteiger partial charge < -0.3 is 9.64 Å². The molecule has 2 aromatic heterocycles. The van der Waals surface area contributed by atoms with Crippen LogP contribution in [-0.4, -0.2) is 33.0 Å². The number of aromatic nitrogens is 3. The van der Waals surface area contributed by atoms with Crippen molar-refractivity contribution < 1.29 is 9.66 Å². The molecule has 0 N–H and O–H groups in total. The van der Waals surface area contributed by atoms with Crippen molar-refractivity contribution in [1.29, 1.82) is 10.5 Å². The van der Waals surface area contributed by atoms with E-state index in [1.54, 1.807) is 12.1 Å². The highest BCUT2D eigenvalue weighted by Crippen LogP contribution is 2.35. The Kier molecular flexibility index (Phi) is 4.94. The minimum atomic E-state index is -0.719. The first-order valence-electron chi connectivity index (χ1n) is 6.23. The fraction of sp³-hybridized carbons (Fsp3) is 0.154. The summed E-state index contributed by atoms with van der Waals surface area (Å²) in [7, 11) is 0. The molecule has 0 spiro atoms. The molecule has 23 heavy (non-hydrogen) atoms. The Morgan fingerprint density at radius 2 is 2.04 bits per heavy atom. The van der Waals surface area contributed by atoms with Gasteiger partial charge in [0, 0.05) is 6.20 Å². The Balaban J connectivity index is 2.48. The van der Waals surface area contributed by atoms with Crippen LogP contribution in [0.4, 0.5) is 11.5 Å². The van der Waals surface area contributed by atoms with Crippen molar-refractivity contribution in [3.8, 4) is 23.8 Å². The fourth-order valence-electron chi connectivity index (χ4n) is 1.72. The molecule has 0 atom stereocenters. The van der Waals surface area contributed by atoms with Crippen LogP contribution in [0.1, 0.15) is 0 Å². The van der Waals surface area contributed by atoms with E-state index in [9.17, 15) is 10.1 Å². The van der Waals surface area contributed by atoms with Gasteiger partial charge in [0.15, 0.2) is 0 Å². The molecule has 2 rings (SSSR count). The molecular weight excluding hydrogens is 302 g/mol. The standard InChI is InChI=1S/C13H9N7O3/c14-3-6-19(7-4-15)12-11(20(21)22)13(18-9-17-12)23-10-2-1-5-16-8-10/h1-2,5,8-9H,6-7H2. The lowest BCUT2D eigenvalue weighted by Crippen LogP contribution is -2.26. The van der Waals surface area contributed by atoms with Crippen LogP contribution in [-0.2, 0) is 0 Å². The van der Waals surface area contributed by atoms with Crippen LogP contribution in [0.15, 0.2) is 30.9 Å². The molecule has 114 valence electrons. The maximum absolute atomic E-state index is 11.4. The molecule has 0 radical (unpaired) electrons. The predicted molar refractivity (Wildman–Crippen MR) is 76.4 cm³/mol. The normalized spacial score (nSPS) is 9.48. The molecule has 0 fully saturated rings. The summed E-state index contributed by atoms with van der Waals surface area (Å²) in [4.78, 5) is 23.2. The number of nitriles is 2. The smallest absolute Gasteiger partial charge is 0.373 e. The van der Waals surface area contributed by atoms with E-state index in [0.29, 0.717) is 0 Å². The number of pyridine rings is 1. The van der Waals surface area contributed by atoms with Gasteiger partial charge in [0.05, 0.1) is 23.3 Å². The molecule has 0 saturated heterocycles. The molecule has 10 nitrogen and oxygen atoms in total. The second kappa shape index (κ2) is 7.28. The van der Waals surface area contributed by atoms with Gasteiger partial charge in [-0.2, -0.15) is 15.5 Å². The van der Waals surface area contributed by atoms with Crippen LogP contribution >= 0.6 is 0 Å². The van der Waals surface area contributed by atoms with Crippen molar-refractivity contribution in [1.82, 2.24) is 15.0 Å². The minimum Gasteiger partial charge on any atom is -0.432 e. The molecule has 0 aliphatic heterocycles. The monoisotopic (exact) mass is 311 g/mol. The second-order valence-corrected chi connectivity index (χ2v) is 4.07. The first-order valence-corrected chi connectivity index (χ1v) is 6.23. The van der Waals surface area contributed by atoms with Gasteiger partial charge in [-0.05, 0) is 12.1 Å². The Morgan fingerprint density at radius 3 is 2.61 bits per heavy atom. The van der Waals surface area contributed by atoms with Crippen LogP contribution < -0.4 is 9.64 Å². The number of nitro groups is 1. The number of hydrogen-bond acceptors (Lipinski definition) is 9. The maximum atomic E-state index is 11.4. The van der Waals surface area contributed by atoms with Crippen molar-refractivity contribution >= 4 is 11.5 Å². The summed E-state index contributed by atoms with van der Waals surface area (Å²) in [5.74, 6) is -0.201. The topological polar surface area (TPSA) is 142 Å². The third kappa shape index (κ3) is 3.65. The van der Waals surface area contributed by atoms with E-state index in [1.807, 2.05) is 12.1 Å². The number of nitrogens with zero attached hydrogens (tertiary/aromatic N) is 7. The first-order chi connectivity index (χ1) is 11.2. The van der Waals surface area contributed by atoms with Crippen molar-refractivity contribution in [2.45, 2.75) is 0 Å². The SMILES string of the molecule is N#CCN(CC#N)c1ncnc(Oc2cccnc2)c1[N+](=O)[O-]. The highest BCUT2D eigenvalue weighted by atomic mass is 16.6. The van der Waals surface area contributed by atoms with E-state index in [0.717, 1.165) is 11.2 Å². The molecule has 0 aliphatic rings. The third-order valence-electron chi connectivity index (χ3n) is 2.62. The van der Waals surface area contributed by atoms with Crippen molar-refractivity contribution in [3.05, 3.63) is 41.0 Å². The first kappa shape index (κ1) is 15.6. The summed E-state index contributed by atoms with van der Waals surface area (Å²) in [6, 6.07) is 6.81. The summed E-state index contributed by atoms with van der Waals surface area (Å²) >= 11 is 0. The number of hydrogen-bond donors (Lipinski definition) is 0. The molecule has 0 unspecified atom stereocenters. The van der Waals surface area contributed by atoms with Gasteiger partial charge in [-0.25, -0.2) is 4.98 Å². The van der Waals surface area contributed by atoms with E-state index < -0.39 is 10.6 Å². The summed E-state index contributed by atoms with van der Waals surface area (Å²) < 4.78 is 5.37. The highest BCUT2D eigenvalue weighted by molar-refractivity contribution is 5.64. The second-order valence-electron chi connectivity index (χ2n) is 4.07. The molecule has 10 heteroatoms. The van der Waals surface area contributed by atoms with Gasteiger partial charge in [-0.15, -0.1) is 0 Å². The Labute approximate surface area is 130 Å². The van der Waals surface area contributed by atoms with Crippen LogP contribution in [0.3, 0.4) is 0 Å². The molecule has 0 aromatic carbocycles. The van der Waals surface area contributed by atoms with E-state index in [-0.39, 0.29) is 30.5 Å². The van der Waals surface area contributed by atoms with Crippen LogP contribution in [0.25, 0.3) is 0 Å². The summed E-state index contributed by atoms with van der Waals surface area (Å²) in [6.07, 6.45) is 3.96. The molecule has 0 saturated carbocycles. The Hall–Kier alpha value is -3.79. The van der Waals surface area contributed by atoms with Crippen LogP contribution in [0, 0.1) is 32.8 Å². The zero-order valence-electron chi connectivity index (χ0n) is 11.7. The summed E-state index contributed by atoms with van der Waals surface area (Å²) in [5, 5.41) is 29.0. The molecule has 2 heterocycles. The average molecular weight is 311 g/mol. The minimum absolute atomic E-state index is 0.160. The van der Waals surface area contributed by atoms with Gasteiger partial charge in [0.25, 0.3) is 0 Å². The third-order valence-corrected chi connectivity index (χ3v) is 2.62. The van der Waals surface area contributed by atoms with Gasteiger partial charge in [0.1, 0.15) is 25.2 Å². The quantitative estimate of drug-likeness (QED) is 0.439. The van der Waals surface area contributed by atoms with E-state index >= 15 is 0 Å². The van der Waals surface area contributed by atoms with E-state index in [1.165, 1.54) is 12.4 Å². The van der Waals surface area contributed by atoms with Crippen molar-refractivity contribution in [3.63, 3.8) is 0 Å². The van der Waals surface area contributed by atoms with Crippen molar-refractivity contribution in [2.24, 2.45) is 0 Å². The predicted octanol–water partition coefficient (Wildman–Crippen LogP) is 1.43. The Morgan fingerprint density at radius 1 is 1.30 bits per heavy atom. The van der Waals surface area contributed by atoms with E-state index in [2.05, 4.69) is 15.0 Å². The van der Waals surface area contributed by atoms with Gasteiger partial charge in [-0.1, -0.05) is 0 Å². The lowest BCUT2D eigenvalue weighted by atomic mass is 10.4. The van der Waals surface area contributed by atoms with Crippen molar-refractivity contribution in [2.75, 3.05) is 18.0 Å². The largest absolute Gasteiger partial charge is 0.432 e. The molecule has 2 aromatic rings. The number of ether oxygens (including phenoxy) is 1. The Bertz CT molecular complexity index is 766. The summed E-state index contributed by atoms with van der Waals surface area (Å²) in [5.41, 5.74) is -0.526. The zero-order valence-corrected chi connectivity index (χ0v) is 11.7. The molecular formula is C13H9N7O3. The molecule has 0 bridgehead atoms. The van der Waals surface area contributed by atoms with Gasteiger partial charge in [-0.3, -0.25) is 15.1 Å². The molecule has 0 amide bonds. The lowest BCUT2D eigenvalue weighted by molar-refractivity contribution is -0.385. The van der Waals surface area contributed by atoms with Crippen LogP contribution in [0.2, 0.25) is 0 Å². The highest BCUT2D eigenvalue weighted by Gasteiger charge is 2.28. The van der Waals surface area contributed by atoms with E-state index in [4.69, 9.17) is 15.3 Å². The lowest BCUT2D eigenvalue weighted by Gasteiger charge is -2.17. The number of rotatable bonds is 6.